The average molecular weight is 365 g/mol. The summed E-state index contributed by atoms with van der Waals surface area (Å²) in [6.07, 6.45) is 3.70. The number of hydrogen-bond donors (Lipinski definition) is 2. The normalized spacial score (nSPS) is 17.9. The fraction of sp³-hybridized carbons (Fsp3) is 0.409. The van der Waals surface area contributed by atoms with Gasteiger partial charge in [0.05, 0.1) is 7.11 Å². The maximum absolute atomic E-state index is 11.5. The van der Waals surface area contributed by atoms with E-state index in [4.69, 9.17) is 4.74 Å². The van der Waals surface area contributed by atoms with Crippen molar-refractivity contribution in [2.24, 2.45) is 0 Å². The van der Waals surface area contributed by atoms with Crippen molar-refractivity contribution < 1.29 is 9.53 Å². The van der Waals surface area contributed by atoms with Gasteiger partial charge in [-0.3, -0.25) is 9.69 Å². The monoisotopic (exact) mass is 365 g/mol. The lowest BCUT2D eigenvalue weighted by atomic mass is 10.0. The number of benzene rings is 2. The molecule has 142 valence electrons. The van der Waals surface area contributed by atoms with Crippen LogP contribution >= 0.6 is 0 Å². The molecule has 0 saturated carbocycles. The van der Waals surface area contributed by atoms with Gasteiger partial charge in [0.15, 0.2) is 0 Å². The van der Waals surface area contributed by atoms with Crippen molar-refractivity contribution in [3.63, 3.8) is 0 Å². The van der Waals surface area contributed by atoms with Crippen LogP contribution in [0.4, 0.5) is 11.4 Å². The molecule has 27 heavy (non-hydrogen) atoms. The summed E-state index contributed by atoms with van der Waals surface area (Å²) in [4.78, 5) is 14.0. The zero-order chi connectivity index (χ0) is 18.6. The van der Waals surface area contributed by atoms with Gasteiger partial charge in [-0.25, -0.2) is 0 Å². The number of hydrogen-bond acceptors (Lipinski definition) is 4. The molecule has 0 atom stereocenters. The number of methoxy groups -OCH3 is 1. The van der Waals surface area contributed by atoms with Gasteiger partial charge >= 0.3 is 0 Å². The minimum Gasteiger partial charge on any atom is -0.497 e. The molecule has 0 bridgehead atoms. The van der Waals surface area contributed by atoms with Crippen LogP contribution in [-0.4, -0.2) is 37.0 Å². The SMILES string of the molecule is COc1ccc(CN2CCC(Nc3ccc4c(c3)CCC(=O)N4)CC2)cc1. The van der Waals surface area contributed by atoms with Crippen LogP contribution in [0.25, 0.3) is 0 Å². The number of aryl methyl sites for hydroxylation is 1. The van der Waals surface area contributed by atoms with Gasteiger partial charge in [-0.05, 0) is 60.7 Å². The van der Waals surface area contributed by atoms with Gasteiger partial charge in [-0.1, -0.05) is 12.1 Å². The van der Waals surface area contributed by atoms with E-state index in [9.17, 15) is 4.79 Å². The Labute approximate surface area is 160 Å². The summed E-state index contributed by atoms with van der Waals surface area (Å²) < 4.78 is 5.23. The van der Waals surface area contributed by atoms with Crippen molar-refractivity contribution in [2.45, 2.75) is 38.3 Å². The third kappa shape index (κ3) is 4.42. The first-order valence-corrected chi connectivity index (χ1v) is 9.74. The van der Waals surface area contributed by atoms with Gasteiger partial charge in [0.1, 0.15) is 5.75 Å². The minimum atomic E-state index is 0.118. The Kier molecular flexibility index (Phi) is 5.30. The molecule has 2 N–H and O–H groups in total. The molecule has 0 aliphatic carbocycles. The van der Waals surface area contributed by atoms with Gasteiger partial charge in [0, 0.05) is 43.5 Å². The molecule has 2 aliphatic rings. The van der Waals surface area contributed by atoms with Gasteiger partial charge < -0.3 is 15.4 Å². The van der Waals surface area contributed by atoms with Crippen molar-refractivity contribution in [2.75, 3.05) is 30.8 Å². The van der Waals surface area contributed by atoms with Crippen molar-refractivity contribution in [1.29, 1.82) is 0 Å². The van der Waals surface area contributed by atoms with Crippen LogP contribution in [0.5, 0.6) is 5.75 Å². The number of nitrogens with one attached hydrogen (secondary N) is 2. The van der Waals surface area contributed by atoms with Crippen LogP contribution in [-0.2, 0) is 17.8 Å². The Balaban J connectivity index is 1.28. The first kappa shape index (κ1) is 17.9. The molecule has 5 nitrogen and oxygen atoms in total. The van der Waals surface area contributed by atoms with E-state index in [1.165, 1.54) is 16.8 Å². The molecule has 2 aromatic rings. The van der Waals surface area contributed by atoms with Crippen molar-refractivity contribution >= 4 is 17.3 Å². The van der Waals surface area contributed by atoms with E-state index in [2.05, 4.69) is 39.8 Å². The van der Waals surface area contributed by atoms with Crippen molar-refractivity contribution in [3.05, 3.63) is 53.6 Å². The Bertz CT molecular complexity index is 796. The second kappa shape index (κ2) is 8.01. The molecule has 0 radical (unpaired) electrons. The second-order valence-electron chi connectivity index (χ2n) is 7.46. The quantitative estimate of drug-likeness (QED) is 0.849. The van der Waals surface area contributed by atoms with Gasteiger partial charge in [0.25, 0.3) is 0 Å². The molecule has 0 spiro atoms. The summed E-state index contributed by atoms with van der Waals surface area (Å²) >= 11 is 0. The highest BCUT2D eigenvalue weighted by molar-refractivity contribution is 5.94. The zero-order valence-corrected chi connectivity index (χ0v) is 15.8. The summed E-state index contributed by atoms with van der Waals surface area (Å²) in [5, 5.41) is 6.63. The van der Waals surface area contributed by atoms with E-state index in [1.807, 2.05) is 18.2 Å². The van der Waals surface area contributed by atoms with Crippen LogP contribution in [0.15, 0.2) is 42.5 Å². The number of amides is 1. The van der Waals surface area contributed by atoms with Gasteiger partial charge in [-0.15, -0.1) is 0 Å². The number of fused-ring (bicyclic) bond motifs is 1. The first-order chi connectivity index (χ1) is 13.2. The number of anilines is 2. The summed E-state index contributed by atoms with van der Waals surface area (Å²) in [5.41, 5.74) is 4.69. The van der Waals surface area contributed by atoms with Crippen LogP contribution in [0, 0.1) is 0 Å². The lowest BCUT2D eigenvalue weighted by molar-refractivity contribution is -0.116. The molecule has 1 saturated heterocycles. The summed E-state index contributed by atoms with van der Waals surface area (Å²) in [7, 11) is 1.70. The van der Waals surface area contributed by atoms with E-state index in [1.54, 1.807) is 7.11 Å². The molecule has 4 rings (SSSR count). The largest absolute Gasteiger partial charge is 0.497 e. The smallest absolute Gasteiger partial charge is 0.224 e. The van der Waals surface area contributed by atoms with Crippen LogP contribution < -0.4 is 15.4 Å². The zero-order valence-electron chi connectivity index (χ0n) is 15.8. The number of carbonyl (C=O) groups excluding carboxylic acids is 1. The maximum atomic E-state index is 11.5. The highest BCUT2D eigenvalue weighted by Gasteiger charge is 2.20. The Morgan fingerprint density at radius 2 is 1.89 bits per heavy atom. The number of nitrogens with zero attached hydrogens (tertiary/aromatic N) is 1. The molecule has 1 fully saturated rings. The predicted molar refractivity (Wildman–Crippen MR) is 108 cm³/mol. The highest BCUT2D eigenvalue weighted by Crippen LogP contribution is 2.27. The molecule has 0 aromatic heterocycles. The summed E-state index contributed by atoms with van der Waals surface area (Å²) in [5.74, 6) is 1.03. The standard InChI is InChI=1S/C22H27N3O2/c1-27-20-6-2-16(3-7-20)15-25-12-10-18(11-13-25)23-19-5-8-21-17(14-19)4-9-22(26)24-21/h2-3,5-8,14,18,23H,4,9-13,15H2,1H3,(H,24,26). The number of rotatable bonds is 5. The van der Waals surface area contributed by atoms with E-state index < -0.39 is 0 Å². The topological polar surface area (TPSA) is 53.6 Å². The fourth-order valence-electron chi connectivity index (χ4n) is 3.93. The maximum Gasteiger partial charge on any atom is 0.224 e. The van der Waals surface area contributed by atoms with Crippen molar-refractivity contribution in [3.8, 4) is 5.75 Å². The van der Waals surface area contributed by atoms with E-state index in [0.717, 1.165) is 50.3 Å². The lowest BCUT2D eigenvalue weighted by Gasteiger charge is -2.33. The Morgan fingerprint density at radius 1 is 1.11 bits per heavy atom. The lowest BCUT2D eigenvalue weighted by Crippen LogP contribution is -2.38. The summed E-state index contributed by atoms with van der Waals surface area (Å²) in [6, 6.07) is 15.2. The van der Waals surface area contributed by atoms with E-state index in [-0.39, 0.29) is 5.91 Å². The molecule has 1 amide bonds. The Hall–Kier alpha value is -2.53. The minimum absolute atomic E-state index is 0.118. The fourth-order valence-corrected chi connectivity index (χ4v) is 3.93. The first-order valence-electron chi connectivity index (χ1n) is 9.74. The van der Waals surface area contributed by atoms with Crippen LogP contribution in [0.1, 0.15) is 30.4 Å². The van der Waals surface area contributed by atoms with Crippen molar-refractivity contribution in [1.82, 2.24) is 4.90 Å². The highest BCUT2D eigenvalue weighted by atomic mass is 16.5. The molecule has 2 aliphatic heterocycles. The molecule has 0 unspecified atom stereocenters. The number of carbonyl (C=O) groups is 1. The molecule has 5 heteroatoms. The van der Waals surface area contributed by atoms with Gasteiger partial charge in [0.2, 0.25) is 5.91 Å². The third-order valence-corrected chi connectivity index (χ3v) is 5.52. The second-order valence-corrected chi connectivity index (χ2v) is 7.46. The molecular weight excluding hydrogens is 338 g/mol. The summed E-state index contributed by atoms with van der Waals surface area (Å²) in [6.45, 7) is 3.20. The number of ether oxygens (including phenoxy) is 1. The van der Waals surface area contributed by atoms with E-state index in [0.29, 0.717) is 12.5 Å². The number of piperidine rings is 1. The molecule has 2 heterocycles. The predicted octanol–water partition coefficient (Wildman–Crippen LogP) is 3.66. The van der Waals surface area contributed by atoms with Crippen LogP contribution in [0.3, 0.4) is 0 Å². The molecular formula is C22H27N3O2. The van der Waals surface area contributed by atoms with Crippen LogP contribution in [0.2, 0.25) is 0 Å². The van der Waals surface area contributed by atoms with Gasteiger partial charge in [-0.2, -0.15) is 0 Å². The molecule has 2 aromatic carbocycles. The average Bonchev–Trinajstić information content (AvgIpc) is 2.70. The van der Waals surface area contributed by atoms with E-state index >= 15 is 0 Å². The Morgan fingerprint density at radius 3 is 2.63 bits per heavy atom. The number of likely N-dealkylation sites (tertiary alicyclic amines) is 1. The third-order valence-electron chi connectivity index (χ3n) is 5.52.